The maximum atomic E-state index is 13.5. The molecule has 1 amide bonds. The first kappa shape index (κ1) is 17.4. The molecule has 6 nitrogen and oxygen atoms in total. The number of hydrogen-bond donors (Lipinski definition) is 1. The molecule has 0 aliphatic carbocycles. The monoisotopic (exact) mass is 384 g/mol. The minimum Gasteiger partial charge on any atom is -0.461 e. The van der Waals surface area contributed by atoms with Crippen molar-refractivity contribution in [2.24, 2.45) is 0 Å². The predicted molar refractivity (Wildman–Crippen MR) is 108 cm³/mol. The van der Waals surface area contributed by atoms with Crippen LogP contribution in [0.1, 0.15) is 39.1 Å². The summed E-state index contributed by atoms with van der Waals surface area (Å²) in [5.41, 5.74) is 4.42. The first-order chi connectivity index (χ1) is 14.2. The van der Waals surface area contributed by atoms with Crippen LogP contribution in [0.2, 0.25) is 0 Å². The molecule has 1 atom stereocenters. The van der Waals surface area contributed by atoms with Crippen LogP contribution in [0.25, 0.3) is 11.3 Å². The fourth-order valence-electron chi connectivity index (χ4n) is 3.93. The zero-order valence-electron chi connectivity index (χ0n) is 16.0. The Bertz CT molecular complexity index is 1160. The SMILES string of the molecule is Cc1ccc(-c2cccc(C(=O)N3CCc4[nH]cnc4C3c3cccnc3)c2)o1. The van der Waals surface area contributed by atoms with Crippen LogP contribution in [-0.4, -0.2) is 32.3 Å². The Morgan fingerprint density at radius 2 is 2.14 bits per heavy atom. The zero-order valence-corrected chi connectivity index (χ0v) is 16.0. The van der Waals surface area contributed by atoms with E-state index in [1.807, 2.05) is 60.4 Å². The van der Waals surface area contributed by atoms with Crippen LogP contribution >= 0.6 is 0 Å². The maximum Gasteiger partial charge on any atom is 0.254 e. The van der Waals surface area contributed by atoms with Gasteiger partial charge in [0, 0.05) is 42.2 Å². The summed E-state index contributed by atoms with van der Waals surface area (Å²) in [5, 5.41) is 0. The summed E-state index contributed by atoms with van der Waals surface area (Å²) in [6.45, 7) is 2.52. The largest absolute Gasteiger partial charge is 0.461 e. The van der Waals surface area contributed by atoms with Crippen molar-refractivity contribution in [3.8, 4) is 11.3 Å². The number of benzene rings is 1. The number of imidazole rings is 1. The molecule has 4 aromatic rings. The van der Waals surface area contributed by atoms with E-state index in [1.54, 1.807) is 18.7 Å². The summed E-state index contributed by atoms with van der Waals surface area (Å²) in [6.07, 6.45) is 5.98. The summed E-state index contributed by atoms with van der Waals surface area (Å²) in [5.74, 6) is 1.57. The van der Waals surface area contributed by atoms with Gasteiger partial charge in [0.2, 0.25) is 0 Å². The number of pyridine rings is 1. The number of carbonyl (C=O) groups excluding carboxylic acids is 1. The molecule has 0 saturated carbocycles. The van der Waals surface area contributed by atoms with Crippen molar-refractivity contribution in [3.63, 3.8) is 0 Å². The molecule has 4 heterocycles. The summed E-state index contributed by atoms with van der Waals surface area (Å²) >= 11 is 0. The van der Waals surface area contributed by atoms with Gasteiger partial charge in [-0.25, -0.2) is 4.98 Å². The van der Waals surface area contributed by atoms with Gasteiger partial charge in [0.05, 0.1) is 12.0 Å². The molecule has 0 radical (unpaired) electrons. The molecular formula is C23H20N4O2. The summed E-state index contributed by atoms with van der Waals surface area (Å²) in [7, 11) is 0. The Morgan fingerprint density at radius 1 is 1.21 bits per heavy atom. The third-order valence-electron chi connectivity index (χ3n) is 5.32. The average Bonchev–Trinajstić information content (AvgIpc) is 3.42. The van der Waals surface area contributed by atoms with Crippen molar-refractivity contribution in [1.29, 1.82) is 0 Å². The lowest BCUT2D eigenvalue weighted by Crippen LogP contribution is -2.40. The van der Waals surface area contributed by atoms with Crippen LogP contribution in [0, 0.1) is 6.92 Å². The van der Waals surface area contributed by atoms with Gasteiger partial charge >= 0.3 is 0 Å². The summed E-state index contributed by atoms with van der Waals surface area (Å²) in [6, 6.07) is 15.0. The zero-order chi connectivity index (χ0) is 19.8. The van der Waals surface area contributed by atoms with Gasteiger partial charge in [-0.2, -0.15) is 0 Å². The molecule has 0 bridgehead atoms. The number of nitrogens with one attached hydrogen (secondary N) is 1. The van der Waals surface area contributed by atoms with Gasteiger partial charge in [-0.1, -0.05) is 18.2 Å². The summed E-state index contributed by atoms with van der Waals surface area (Å²) < 4.78 is 5.73. The number of aromatic nitrogens is 3. The number of carbonyl (C=O) groups is 1. The minimum absolute atomic E-state index is 0.0300. The van der Waals surface area contributed by atoms with Gasteiger partial charge in [0.25, 0.3) is 5.91 Å². The van der Waals surface area contributed by atoms with Crippen LogP contribution < -0.4 is 0 Å². The van der Waals surface area contributed by atoms with Crippen molar-refractivity contribution in [2.45, 2.75) is 19.4 Å². The third-order valence-corrected chi connectivity index (χ3v) is 5.32. The smallest absolute Gasteiger partial charge is 0.254 e. The number of aryl methyl sites for hydroxylation is 1. The highest BCUT2D eigenvalue weighted by atomic mass is 16.3. The molecule has 1 aliphatic rings. The number of hydrogen-bond acceptors (Lipinski definition) is 4. The number of aromatic amines is 1. The molecule has 3 aromatic heterocycles. The number of rotatable bonds is 3. The van der Waals surface area contributed by atoms with E-state index in [0.29, 0.717) is 12.1 Å². The molecule has 1 aliphatic heterocycles. The molecule has 144 valence electrons. The molecule has 0 spiro atoms. The second kappa shape index (κ2) is 7.05. The third kappa shape index (κ3) is 3.12. The lowest BCUT2D eigenvalue weighted by Gasteiger charge is -2.35. The van der Waals surface area contributed by atoms with E-state index >= 15 is 0 Å². The number of nitrogens with zero attached hydrogens (tertiary/aromatic N) is 3. The topological polar surface area (TPSA) is 75.0 Å². The lowest BCUT2D eigenvalue weighted by molar-refractivity contribution is 0.0690. The lowest BCUT2D eigenvalue weighted by atomic mass is 9.95. The van der Waals surface area contributed by atoms with Crippen molar-refractivity contribution < 1.29 is 9.21 Å². The van der Waals surface area contributed by atoms with Crippen LogP contribution in [0.5, 0.6) is 0 Å². The van der Waals surface area contributed by atoms with E-state index in [4.69, 9.17) is 4.42 Å². The van der Waals surface area contributed by atoms with E-state index in [9.17, 15) is 4.79 Å². The van der Waals surface area contributed by atoms with E-state index in [1.165, 1.54) is 0 Å². The predicted octanol–water partition coefficient (Wildman–Crippen LogP) is 4.16. The van der Waals surface area contributed by atoms with Crippen molar-refractivity contribution in [1.82, 2.24) is 19.9 Å². The van der Waals surface area contributed by atoms with E-state index in [-0.39, 0.29) is 11.9 Å². The highest BCUT2D eigenvalue weighted by molar-refractivity contribution is 5.96. The fourth-order valence-corrected chi connectivity index (χ4v) is 3.93. The highest BCUT2D eigenvalue weighted by Gasteiger charge is 2.34. The van der Waals surface area contributed by atoms with Crippen LogP contribution in [-0.2, 0) is 6.42 Å². The molecule has 1 unspecified atom stereocenters. The van der Waals surface area contributed by atoms with Crippen LogP contribution in [0.4, 0.5) is 0 Å². The fraction of sp³-hybridized carbons (Fsp3) is 0.174. The van der Waals surface area contributed by atoms with Gasteiger partial charge < -0.3 is 14.3 Å². The standard InChI is InChI=1S/C23H20N4O2/c1-15-7-8-20(29-15)16-4-2-5-17(12-16)23(28)27-11-9-19-21(26-14-25-19)22(27)18-6-3-10-24-13-18/h2-8,10,12-14,22H,9,11H2,1H3,(H,25,26). The highest BCUT2D eigenvalue weighted by Crippen LogP contribution is 2.34. The van der Waals surface area contributed by atoms with Gasteiger partial charge in [-0.05, 0) is 42.8 Å². The molecular weight excluding hydrogens is 364 g/mol. The molecule has 6 heteroatoms. The van der Waals surface area contributed by atoms with Crippen LogP contribution in [0.15, 0.2) is 71.7 Å². The Hall–Kier alpha value is -3.67. The molecule has 0 fully saturated rings. The summed E-state index contributed by atoms with van der Waals surface area (Å²) in [4.78, 5) is 27.4. The van der Waals surface area contributed by atoms with Gasteiger partial charge in [0.15, 0.2) is 0 Å². The van der Waals surface area contributed by atoms with Gasteiger partial charge in [-0.3, -0.25) is 9.78 Å². The van der Waals surface area contributed by atoms with E-state index in [0.717, 1.165) is 40.5 Å². The van der Waals surface area contributed by atoms with E-state index < -0.39 is 0 Å². The van der Waals surface area contributed by atoms with Crippen molar-refractivity contribution in [2.75, 3.05) is 6.54 Å². The Kier molecular flexibility index (Phi) is 4.24. The molecule has 5 rings (SSSR count). The second-order valence-electron chi connectivity index (χ2n) is 7.19. The first-order valence-corrected chi connectivity index (χ1v) is 9.60. The van der Waals surface area contributed by atoms with Gasteiger partial charge in [-0.15, -0.1) is 0 Å². The number of amides is 1. The number of fused-ring (bicyclic) bond motifs is 1. The number of H-pyrrole nitrogens is 1. The Morgan fingerprint density at radius 3 is 2.93 bits per heavy atom. The Balaban J connectivity index is 1.53. The number of furan rings is 1. The maximum absolute atomic E-state index is 13.5. The average molecular weight is 384 g/mol. The van der Waals surface area contributed by atoms with E-state index in [2.05, 4.69) is 15.0 Å². The normalized spacial score (nSPS) is 15.9. The molecule has 29 heavy (non-hydrogen) atoms. The molecule has 1 aromatic carbocycles. The van der Waals surface area contributed by atoms with Gasteiger partial charge in [0.1, 0.15) is 17.6 Å². The first-order valence-electron chi connectivity index (χ1n) is 9.60. The minimum atomic E-state index is -0.263. The van der Waals surface area contributed by atoms with Crippen LogP contribution in [0.3, 0.4) is 0 Å². The molecule has 0 saturated heterocycles. The molecule has 1 N–H and O–H groups in total. The Labute approximate surface area is 168 Å². The van der Waals surface area contributed by atoms with Crippen molar-refractivity contribution >= 4 is 5.91 Å². The van der Waals surface area contributed by atoms with Crippen molar-refractivity contribution in [3.05, 3.63) is 95.5 Å². The second-order valence-corrected chi connectivity index (χ2v) is 7.19. The quantitative estimate of drug-likeness (QED) is 0.575.